The lowest BCUT2D eigenvalue weighted by atomic mass is 10.1. The zero-order valence-corrected chi connectivity index (χ0v) is 18.1. The molecule has 0 aliphatic carbocycles. The van der Waals surface area contributed by atoms with Crippen LogP contribution in [0, 0.1) is 0 Å². The Balaban J connectivity index is 2.03. The number of nitrogens with zero attached hydrogens (tertiary/aromatic N) is 1. The van der Waals surface area contributed by atoms with Crippen LogP contribution in [0.5, 0.6) is 11.5 Å². The minimum atomic E-state index is -0.210. The van der Waals surface area contributed by atoms with Gasteiger partial charge in [0.25, 0.3) is 0 Å². The van der Waals surface area contributed by atoms with E-state index in [-0.39, 0.29) is 18.4 Å². The van der Waals surface area contributed by atoms with Crippen LogP contribution in [0.4, 0.5) is 0 Å². The van der Waals surface area contributed by atoms with Crippen LogP contribution in [0.3, 0.4) is 0 Å². The molecule has 0 fully saturated rings. The van der Waals surface area contributed by atoms with Gasteiger partial charge in [-0.1, -0.05) is 11.6 Å². The Morgan fingerprint density at radius 3 is 2.71 bits per heavy atom. The Kier molecular flexibility index (Phi) is 8.67. The summed E-state index contributed by atoms with van der Waals surface area (Å²) < 4.78 is 11.4. The molecule has 28 heavy (non-hydrogen) atoms. The summed E-state index contributed by atoms with van der Waals surface area (Å²) in [7, 11) is 0. The molecule has 0 aromatic heterocycles. The maximum absolute atomic E-state index is 12.2. The minimum absolute atomic E-state index is 0.0516. The summed E-state index contributed by atoms with van der Waals surface area (Å²) in [6, 6.07) is 11.1. The van der Waals surface area contributed by atoms with Crippen molar-refractivity contribution in [1.82, 2.24) is 5.43 Å². The molecule has 0 unspecified atom stereocenters. The summed E-state index contributed by atoms with van der Waals surface area (Å²) in [5.74, 6) is 1.12. The maximum Gasteiger partial charge on any atom is 0.244 e. The lowest BCUT2D eigenvalue weighted by molar-refractivity contribution is -0.120. The first kappa shape index (κ1) is 22.1. The predicted octanol–water partition coefficient (Wildman–Crippen LogP) is 4.94. The van der Waals surface area contributed by atoms with Gasteiger partial charge in [0.2, 0.25) is 5.91 Å². The molecule has 0 bridgehead atoms. The second-order valence-electron chi connectivity index (χ2n) is 6.23. The highest BCUT2D eigenvalue weighted by molar-refractivity contribution is 7.98. The van der Waals surface area contributed by atoms with Gasteiger partial charge < -0.3 is 9.47 Å². The molecular formula is C21H25ClN2O3S. The van der Waals surface area contributed by atoms with Crippen molar-refractivity contribution >= 4 is 35.5 Å². The third-order valence-electron chi connectivity index (χ3n) is 3.63. The van der Waals surface area contributed by atoms with E-state index >= 15 is 0 Å². The second kappa shape index (κ2) is 11.0. The zero-order chi connectivity index (χ0) is 20.5. The first-order valence-corrected chi connectivity index (χ1v) is 10.6. The number of nitrogens with one attached hydrogen (secondary N) is 1. The number of ether oxygens (including phenoxy) is 2. The van der Waals surface area contributed by atoms with Gasteiger partial charge in [-0.25, -0.2) is 5.43 Å². The van der Waals surface area contributed by atoms with E-state index in [2.05, 4.69) is 10.5 Å². The number of amides is 1. The average Bonchev–Trinajstić information content (AvgIpc) is 2.64. The fourth-order valence-electron chi connectivity index (χ4n) is 2.50. The molecule has 0 aliphatic heterocycles. The van der Waals surface area contributed by atoms with Crippen molar-refractivity contribution in [3.05, 3.63) is 52.5 Å². The minimum Gasteiger partial charge on any atom is -0.490 e. The number of benzene rings is 2. The first-order valence-electron chi connectivity index (χ1n) is 9.00. The molecule has 2 aromatic carbocycles. The van der Waals surface area contributed by atoms with Crippen LogP contribution >= 0.6 is 23.4 Å². The van der Waals surface area contributed by atoms with Crippen molar-refractivity contribution in [1.29, 1.82) is 0 Å². The van der Waals surface area contributed by atoms with E-state index in [1.807, 2.05) is 57.4 Å². The van der Waals surface area contributed by atoms with E-state index in [9.17, 15) is 4.79 Å². The number of carbonyl (C=O) groups is 1. The molecule has 0 aliphatic rings. The molecule has 0 heterocycles. The van der Waals surface area contributed by atoms with Crippen molar-refractivity contribution in [2.45, 2.75) is 38.2 Å². The lowest BCUT2D eigenvalue weighted by Crippen LogP contribution is -2.20. The number of carbonyl (C=O) groups excluding carboxylic acids is 1. The van der Waals surface area contributed by atoms with E-state index in [1.165, 1.54) is 0 Å². The van der Waals surface area contributed by atoms with Crippen molar-refractivity contribution in [3.63, 3.8) is 0 Å². The van der Waals surface area contributed by atoms with E-state index in [1.54, 1.807) is 24.0 Å². The molecule has 2 aromatic rings. The van der Waals surface area contributed by atoms with Crippen molar-refractivity contribution < 1.29 is 14.3 Å². The highest BCUT2D eigenvalue weighted by Crippen LogP contribution is 2.29. The highest BCUT2D eigenvalue weighted by Gasteiger charge is 2.09. The molecule has 5 nitrogen and oxygen atoms in total. The summed E-state index contributed by atoms with van der Waals surface area (Å²) >= 11 is 7.61. The van der Waals surface area contributed by atoms with Gasteiger partial charge in [-0.2, -0.15) is 5.10 Å². The van der Waals surface area contributed by atoms with E-state index in [0.717, 1.165) is 16.0 Å². The third-order valence-corrected chi connectivity index (χ3v) is 4.70. The molecule has 0 spiro atoms. The maximum atomic E-state index is 12.2. The van der Waals surface area contributed by atoms with Gasteiger partial charge in [0, 0.05) is 9.92 Å². The molecule has 0 saturated carbocycles. The second-order valence-corrected chi connectivity index (χ2v) is 7.52. The lowest BCUT2D eigenvalue weighted by Gasteiger charge is -2.14. The number of thioether (sulfide) groups is 1. The van der Waals surface area contributed by atoms with Crippen LogP contribution < -0.4 is 14.9 Å². The number of halogens is 1. The number of hydrazone groups is 1. The van der Waals surface area contributed by atoms with Crippen LogP contribution in [-0.2, 0) is 11.2 Å². The van der Waals surface area contributed by atoms with E-state index in [4.69, 9.17) is 21.1 Å². The Bertz CT molecular complexity index is 840. The van der Waals surface area contributed by atoms with Crippen molar-refractivity contribution in [2.24, 2.45) is 5.10 Å². The van der Waals surface area contributed by atoms with Crippen molar-refractivity contribution in [3.8, 4) is 11.5 Å². The van der Waals surface area contributed by atoms with Crippen LogP contribution in [0.25, 0.3) is 0 Å². The van der Waals surface area contributed by atoms with Gasteiger partial charge in [-0.3, -0.25) is 4.79 Å². The Labute approximate surface area is 175 Å². The summed E-state index contributed by atoms with van der Waals surface area (Å²) in [5, 5.41) is 4.65. The predicted molar refractivity (Wildman–Crippen MR) is 116 cm³/mol. The summed E-state index contributed by atoms with van der Waals surface area (Å²) in [6.07, 6.45) is 3.80. The molecule has 0 radical (unpaired) electrons. The Hall–Kier alpha value is -2.18. The molecule has 150 valence electrons. The number of hydrogen-bond donors (Lipinski definition) is 1. The quantitative estimate of drug-likeness (QED) is 0.354. The Morgan fingerprint density at radius 2 is 2.04 bits per heavy atom. The third kappa shape index (κ3) is 6.77. The van der Waals surface area contributed by atoms with Gasteiger partial charge in [-0.05, 0) is 74.6 Å². The van der Waals surface area contributed by atoms with Gasteiger partial charge in [-0.15, -0.1) is 11.8 Å². The van der Waals surface area contributed by atoms with Gasteiger partial charge in [0.05, 0.1) is 25.3 Å². The average molecular weight is 421 g/mol. The fourth-order valence-corrected chi connectivity index (χ4v) is 3.29. The van der Waals surface area contributed by atoms with E-state index in [0.29, 0.717) is 23.1 Å². The van der Waals surface area contributed by atoms with E-state index < -0.39 is 0 Å². The summed E-state index contributed by atoms with van der Waals surface area (Å²) in [6.45, 7) is 6.37. The van der Waals surface area contributed by atoms with Crippen LogP contribution in [0.2, 0.25) is 5.02 Å². The molecule has 7 heteroatoms. The van der Waals surface area contributed by atoms with Crippen LogP contribution in [-0.4, -0.2) is 31.1 Å². The summed E-state index contributed by atoms with van der Waals surface area (Å²) in [5.41, 5.74) is 4.23. The first-order chi connectivity index (χ1) is 13.4. The number of rotatable bonds is 9. The smallest absolute Gasteiger partial charge is 0.244 e. The van der Waals surface area contributed by atoms with Gasteiger partial charge in [0.1, 0.15) is 0 Å². The monoisotopic (exact) mass is 420 g/mol. The van der Waals surface area contributed by atoms with Crippen LogP contribution in [0.15, 0.2) is 46.4 Å². The molecular weight excluding hydrogens is 396 g/mol. The SMILES string of the molecule is CCOc1cc(/C=N\NC(=O)Cc2cc(Cl)ccc2SC)ccc1OC(C)C. The molecule has 2 rings (SSSR count). The van der Waals surface area contributed by atoms with Crippen molar-refractivity contribution in [2.75, 3.05) is 12.9 Å². The van der Waals surface area contributed by atoms with Gasteiger partial charge >= 0.3 is 0 Å². The largest absolute Gasteiger partial charge is 0.490 e. The van der Waals surface area contributed by atoms with Crippen LogP contribution in [0.1, 0.15) is 31.9 Å². The molecule has 1 amide bonds. The Morgan fingerprint density at radius 1 is 1.25 bits per heavy atom. The summed E-state index contributed by atoms with van der Waals surface area (Å²) in [4.78, 5) is 13.2. The molecule has 1 N–H and O–H groups in total. The number of hydrogen-bond acceptors (Lipinski definition) is 5. The zero-order valence-electron chi connectivity index (χ0n) is 16.5. The van der Waals surface area contributed by atoms with Gasteiger partial charge in [0.15, 0.2) is 11.5 Å². The topological polar surface area (TPSA) is 59.9 Å². The fraction of sp³-hybridized carbons (Fsp3) is 0.333. The molecule has 0 atom stereocenters. The standard InChI is InChI=1S/C21H25ClN2O3S/c1-5-26-19-10-15(6-8-18(19)27-14(2)3)13-23-24-21(25)12-16-11-17(22)7-9-20(16)28-4/h6-11,13-14H,5,12H2,1-4H3,(H,24,25)/b23-13-. The molecule has 0 saturated heterocycles. The normalized spacial score (nSPS) is 11.1. The highest BCUT2D eigenvalue weighted by atomic mass is 35.5.